The summed E-state index contributed by atoms with van der Waals surface area (Å²) in [4.78, 5) is 11.9. The van der Waals surface area contributed by atoms with Crippen LogP contribution in [0, 0.1) is 5.82 Å². The molecule has 1 amide bonds. The molecule has 0 fully saturated rings. The summed E-state index contributed by atoms with van der Waals surface area (Å²) in [6.45, 7) is 0. The molecule has 5 nitrogen and oxygen atoms in total. The van der Waals surface area contributed by atoms with Crippen molar-refractivity contribution in [2.24, 2.45) is 7.05 Å². The SMILES string of the molecule is Cn1cc(N)c(C(=O)Nc2ccc(F)cc2Br)n1. The Balaban J connectivity index is 2.24. The largest absolute Gasteiger partial charge is 0.396 e. The molecule has 2 rings (SSSR count). The van der Waals surface area contributed by atoms with Gasteiger partial charge in [-0.2, -0.15) is 5.10 Å². The van der Waals surface area contributed by atoms with Crippen LogP contribution in [-0.2, 0) is 7.05 Å². The van der Waals surface area contributed by atoms with Crippen LogP contribution < -0.4 is 11.1 Å². The number of halogens is 2. The number of carbonyl (C=O) groups excluding carboxylic acids is 1. The predicted octanol–water partition coefficient (Wildman–Crippen LogP) is 2.16. The Bertz CT molecular complexity index is 611. The lowest BCUT2D eigenvalue weighted by atomic mass is 10.3. The highest BCUT2D eigenvalue weighted by molar-refractivity contribution is 9.10. The Morgan fingerprint density at radius 3 is 2.83 bits per heavy atom. The molecule has 0 aliphatic carbocycles. The molecular formula is C11H10BrFN4O. The van der Waals surface area contributed by atoms with E-state index in [0.29, 0.717) is 10.2 Å². The molecule has 2 aromatic rings. The summed E-state index contributed by atoms with van der Waals surface area (Å²) in [6.07, 6.45) is 1.54. The summed E-state index contributed by atoms with van der Waals surface area (Å²) >= 11 is 3.16. The Kier molecular flexibility index (Phi) is 3.33. The second-order valence-electron chi connectivity index (χ2n) is 3.69. The number of nitrogens with zero attached hydrogens (tertiary/aromatic N) is 2. The second kappa shape index (κ2) is 4.77. The van der Waals surface area contributed by atoms with Crippen LogP contribution in [-0.4, -0.2) is 15.7 Å². The van der Waals surface area contributed by atoms with E-state index in [0.717, 1.165) is 0 Å². The standard InChI is InChI=1S/C11H10BrFN4O/c1-17-5-8(14)10(16-17)11(18)15-9-3-2-6(13)4-7(9)12/h2-5H,14H2,1H3,(H,15,18). The van der Waals surface area contributed by atoms with Gasteiger partial charge in [0.1, 0.15) is 5.82 Å². The monoisotopic (exact) mass is 312 g/mol. The van der Waals surface area contributed by atoms with Crippen LogP contribution in [0.4, 0.5) is 15.8 Å². The van der Waals surface area contributed by atoms with Crippen molar-refractivity contribution < 1.29 is 9.18 Å². The molecule has 0 atom stereocenters. The van der Waals surface area contributed by atoms with E-state index in [2.05, 4.69) is 26.3 Å². The van der Waals surface area contributed by atoms with E-state index in [9.17, 15) is 9.18 Å². The molecular weight excluding hydrogens is 303 g/mol. The number of anilines is 2. The fourth-order valence-electron chi connectivity index (χ4n) is 1.46. The lowest BCUT2D eigenvalue weighted by Crippen LogP contribution is -2.15. The Labute approximate surface area is 111 Å². The number of carbonyl (C=O) groups is 1. The van der Waals surface area contributed by atoms with Crippen LogP contribution in [0.2, 0.25) is 0 Å². The van der Waals surface area contributed by atoms with Gasteiger partial charge in [-0.05, 0) is 34.1 Å². The summed E-state index contributed by atoms with van der Waals surface area (Å²) < 4.78 is 14.8. The van der Waals surface area contributed by atoms with Crippen molar-refractivity contribution in [3.05, 3.63) is 40.4 Å². The van der Waals surface area contributed by atoms with Crippen LogP contribution in [0.25, 0.3) is 0 Å². The zero-order valence-corrected chi connectivity index (χ0v) is 11.0. The molecule has 1 heterocycles. The van der Waals surface area contributed by atoms with E-state index in [1.165, 1.54) is 29.1 Å². The van der Waals surface area contributed by atoms with Crippen molar-refractivity contribution in [1.82, 2.24) is 9.78 Å². The van der Waals surface area contributed by atoms with Gasteiger partial charge in [0.25, 0.3) is 5.91 Å². The molecule has 0 aliphatic rings. The van der Waals surface area contributed by atoms with Crippen LogP contribution in [0.3, 0.4) is 0 Å². The summed E-state index contributed by atoms with van der Waals surface area (Å²) in [5, 5.41) is 6.54. The number of rotatable bonds is 2. The highest BCUT2D eigenvalue weighted by Gasteiger charge is 2.15. The van der Waals surface area contributed by atoms with Gasteiger partial charge in [-0.1, -0.05) is 0 Å². The van der Waals surface area contributed by atoms with Gasteiger partial charge < -0.3 is 11.1 Å². The van der Waals surface area contributed by atoms with Crippen molar-refractivity contribution in [3.63, 3.8) is 0 Å². The minimum atomic E-state index is -0.444. The predicted molar refractivity (Wildman–Crippen MR) is 69.7 cm³/mol. The van der Waals surface area contributed by atoms with Gasteiger partial charge in [-0.25, -0.2) is 4.39 Å². The van der Waals surface area contributed by atoms with E-state index in [4.69, 9.17) is 5.73 Å². The van der Waals surface area contributed by atoms with Crippen molar-refractivity contribution >= 4 is 33.2 Å². The number of aryl methyl sites for hydroxylation is 1. The third kappa shape index (κ3) is 2.51. The first kappa shape index (κ1) is 12.6. The summed E-state index contributed by atoms with van der Waals surface area (Å²) in [5.41, 5.74) is 6.51. The number of nitrogen functional groups attached to an aromatic ring is 1. The fraction of sp³-hybridized carbons (Fsp3) is 0.0909. The molecule has 1 aromatic carbocycles. The number of aromatic nitrogens is 2. The summed E-state index contributed by atoms with van der Waals surface area (Å²) in [5.74, 6) is -0.836. The summed E-state index contributed by atoms with van der Waals surface area (Å²) in [7, 11) is 1.67. The highest BCUT2D eigenvalue weighted by Crippen LogP contribution is 2.24. The minimum absolute atomic E-state index is 0.133. The molecule has 94 valence electrons. The maximum atomic E-state index is 12.9. The number of hydrogen-bond donors (Lipinski definition) is 2. The van der Waals surface area contributed by atoms with Crippen LogP contribution in [0.5, 0.6) is 0 Å². The summed E-state index contributed by atoms with van der Waals surface area (Å²) in [6, 6.07) is 3.97. The molecule has 18 heavy (non-hydrogen) atoms. The second-order valence-corrected chi connectivity index (χ2v) is 4.54. The van der Waals surface area contributed by atoms with Gasteiger partial charge in [0, 0.05) is 17.7 Å². The first-order chi connectivity index (χ1) is 8.47. The topological polar surface area (TPSA) is 72.9 Å². The van der Waals surface area contributed by atoms with Crippen LogP contribution in [0.1, 0.15) is 10.5 Å². The average Bonchev–Trinajstić information content (AvgIpc) is 2.62. The fourth-order valence-corrected chi connectivity index (χ4v) is 1.91. The van der Waals surface area contributed by atoms with Gasteiger partial charge in [0.2, 0.25) is 0 Å². The van der Waals surface area contributed by atoms with Gasteiger partial charge in [-0.3, -0.25) is 9.48 Å². The maximum absolute atomic E-state index is 12.9. The molecule has 1 aromatic heterocycles. The molecule has 0 spiro atoms. The van der Waals surface area contributed by atoms with Gasteiger partial charge in [-0.15, -0.1) is 0 Å². The highest BCUT2D eigenvalue weighted by atomic mass is 79.9. The molecule has 0 unspecified atom stereocenters. The number of nitrogens with two attached hydrogens (primary N) is 1. The van der Waals surface area contributed by atoms with E-state index >= 15 is 0 Å². The zero-order chi connectivity index (χ0) is 13.3. The first-order valence-corrected chi connectivity index (χ1v) is 5.82. The lowest BCUT2D eigenvalue weighted by molar-refractivity contribution is 0.102. The normalized spacial score (nSPS) is 10.4. The number of nitrogens with one attached hydrogen (secondary N) is 1. The third-order valence-corrected chi connectivity index (χ3v) is 2.91. The quantitative estimate of drug-likeness (QED) is 0.892. The van der Waals surface area contributed by atoms with Crippen molar-refractivity contribution in [1.29, 1.82) is 0 Å². The Morgan fingerprint density at radius 2 is 2.28 bits per heavy atom. The molecule has 0 radical (unpaired) electrons. The van der Waals surface area contributed by atoms with Gasteiger partial charge >= 0.3 is 0 Å². The van der Waals surface area contributed by atoms with E-state index in [-0.39, 0.29) is 11.4 Å². The molecule has 0 bridgehead atoms. The molecule has 3 N–H and O–H groups in total. The van der Waals surface area contributed by atoms with E-state index < -0.39 is 11.7 Å². The smallest absolute Gasteiger partial charge is 0.278 e. The maximum Gasteiger partial charge on any atom is 0.278 e. The van der Waals surface area contributed by atoms with Crippen molar-refractivity contribution in [2.45, 2.75) is 0 Å². The zero-order valence-electron chi connectivity index (χ0n) is 9.45. The van der Waals surface area contributed by atoms with E-state index in [1.54, 1.807) is 7.05 Å². The first-order valence-electron chi connectivity index (χ1n) is 5.03. The number of amides is 1. The van der Waals surface area contributed by atoms with Gasteiger partial charge in [0.15, 0.2) is 5.69 Å². The van der Waals surface area contributed by atoms with Crippen molar-refractivity contribution in [2.75, 3.05) is 11.1 Å². The van der Waals surface area contributed by atoms with E-state index in [1.807, 2.05) is 0 Å². The van der Waals surface area contributed by atoms with Crippen LogP contribution in [0.15, 0.2) is 28.9 Å². The third-order valence-electron chi connectivity index (χ3n) is 2.25. The molecule has 0 saturated carbocycles. The number of hydrogen-bond acceptors (Lipinski definition) is 3. The van der Waals surface area contributed by atoms with Crippen LogP contribution >= 0.6 is 15.9 Å². The Morgan fingerprint density at radius 1 is 1.56 bits per heavy atom. The molecule has 0 aliphatic heterocycles. The molecule has 7 heteroatoms. The number of benzene rings is 1. The van der Waals surface area contributed by atoms with Crippen molar-refractivity contribution in [3.8, 4) is 0 Å². The minimum Gasteiger partial charge on any atom is -0.396 e. The molecule has 0 saturated heterocycles. The average molecular weight is 313 g/mol. The Hall–Kier alpha value is -1.89. The van der Waals surface area contributed by atoms with Gasteiger partial charge in [0.05, 0.1) is 11.4 Å². The lowest BCUT2D eigenvalue weighted by Gasteiger charge is -2.06.